The van der Waals surface area contributed by atoms with Gasteiger partial charge in [-0.2, -0.15) is 4.31 Å². The molecule has 0 aliphatic carbocycles. The molecule has 2 rings (SSSR count). The largest absolute Gasteiger partial charge is 0.347 e. The number of carbonyl (C=O) groups is 1. The molecule has 1 saturated heterocycles. The summed E-state index contributed by atoms with van der Waals surface area (Å²) in [6.45, 7) is 7.28. The number of nitrogens with zero attached hydrogens (tertiary/aromatic N) is 1. The summed E-state index contributed by atoms with van der Waals surface area (Å²) in [7, 11) is -3.85. The second-order valence-electron chi connectivity index (χ2n) is 5.75. The minimum Gasteiger partial charge on any atom is -0.347 e. The molecular formula is C16H23FN3O3S+. The smallest absolute Gasteiger partial charge is 0.278 e. The van der Waals surface area contributed by atoms with E-state index in [0.29, 0.717) is 19.6 Å². The van der Waals surface area contributed by atoms with Crippen LogP contribution in [0.4, 0.5) is 4.39 Å². The third-order valence-electron chi connectivity index (χ3n) is 4.25. The summed E-state index contributed by atoms with van der Waals surface area (Å²) in [5, 5.41) is 2.74. The van der Waals surface area contributed by atoms with Gasteiger partial charge in [-0.25, -0.2) is 12.8 Å². The second-order valence-corrected chi connectivity index (χ2v) is 7.65. The number of piperazine rings is 1. The van der Waals surface area contributed by atoms with Crippen LogP contribution >= 0.6 is 0 Å². The maximum Gasteiger partial charge on any atom is 0.278 e. The van der Waals surface area contributed by atoms with E-state index < -0.39 is 15.8 Å². The number of sulfonamides is 1. The lowest BCUT2D eigenvalue weighted by molar-refractivity contribution is -0.917. The van der Waals surface area contributed by atoms with E-state index in [1.807, 2.05) is 6.92 Å². The topological polar surface area (TPSA) is 70.9 Å². The van der Waals surface area contributed by atoms with E-state index >= 15 is 0 Å². The Balaban J connectivity index is 2.01. The molecule has 1 aromatic carbocycles. The molecule has 1 aliphatic heterocycles. The van der Waals surface area contributed by atoms with Crippen LogP contribution in [0.25, 0.3) is 0 Å². The molecule has 1 fully saturated rings. The fourth-order valence-corrected chi connectivity index (χ4v) is 4.26. The monoisotopic (exact) mass is 356 g/mol. The minimum absolute atomic E-state index is 0.0877. The zero-order valence-corrected chi connectivity index (χ0v) is 14.5. The van der Waals surface area contributed by atoms with Crippen molar-refractivity contribution in [1.29, 1.82) is 0 Å². The lowest BCUT2D eigenvalue weighted by atomic mass is 10.2. The van der Waals surface area contributed by atoms with Crippen LogP contribution in [-0.4, -0.2) is 57.4 Å². The fraction of sp³-hybridized carbons (Fsp3) is 0.438. The molecule has 1 aromatic rings. The number of rotatable bonds is 6. The Morgan fingerprint density at radius 2 is 2.04 bits per heavy atom. The van der Waals surface area contributed by atoms with E-state index in [1.54, 1.807) is 6.08 Å². The van der Waals surface area contributed by atoms with Crippen LogP contribution in [0.2, 0.25) is 0 Å². The summed E-state index contributed by atoms with van der Waals surface area (Å²) in [6, 6.07) is 5.10. The van der Waals surface area contributed by atoms with Gasteiger partial charge in [-0.3, -0.25) is 4.79 Å². The van der Waals surface area contributed by atoms with Gasteiger partial charge in [0.15, 0.2) is 6.04 Å². The Kier molecular flexibility index (Phi) is 6.09. The number of halogens is 1. The number of hydrogen-bond acceptors (Lipinski definition) is 3. The van der Waals surface area contributed by atoms with E-state index in [4.69, 9.17) is 0 Å². The van der Waals surface area contributed by atoms with Gasteiger partial charge in [-0.1, -0.05) is 18.2 Å². The van der Waals surface area contributed by atoms with Crippen molar-refractivity contribution in [1.82, 2.24) is 9.62 Å². The van der Waals surface area contributed by atoms with Crippen molar-refractivity contribution in [2.45, 2.75) is 17.9 Å². The lowest BCUT2D eigenvalue weighted by Crippen LogP contribution is -3.19. The molecule has 1 aliphatic rings. The number of amides is 1. The lowest BCUT2D eigenvalue weighted by Gasteiger charge is -2.34. The first-order valence-corrected chi connectivity index (χ1v) is 9.29. The molecule has 8 heteroatoms. The number of nitrogens with one attached hydrogen (secondary N) is 2. The van der Waals surface area contributed by atoms with Crippen LogP contribution in [0.1, 0.15) is 6.92 Å². The van der Waals surface area contributed by atoms with Gasteiger partial charge >= 0.3 is 0 Å². The molecule has 1 amide bonds. The van der Waals surface area contributed by atoms with E-state index in [9.17, 15) is 17.6 Å². The quantitative estimate of drug-likeness (QED) is 0.669. The molecular weight excluding hydrogens is 333 g/mol. The second kappa shape index (κ2) is 7.87. The number of carbonyl (C=O) groups excluding carboxylic acids is 1. The normalized spacial score (nSPS) is 18.1. The third kappa shape index (κ3) is 4.00. The van der Waals surface area contributed by atoms with E-state index in [-0.39, 0.29) is 29.9 Å². The zero-order valence-electron chi connectivity index (χ0n) is 13.7. The predicted octanol–water partition coefficient (Wildman–Crippen LogP) is -0.594. The van der Waals surface area contributed by atoms with Gasteiger partial charge < -0.3 is 10.2 Å². The number of hydrogen-bond donors (Lipinski definition) is 2. The van der Waals surface area contributed by atoms with Crippen molar-refractivity contribution in [3.63, 3.8) is 0 Å². The fourth-order valence-electron chi connectivity index (χ4n) is 2.75. The molecule has 1 heterocycles. The summed E-state index contributed by atoms with van der Waals surface area (Å²) < 4.78 is 40.2. The van der Waals surface area contributed by atoms with Crippen LogP contribution in [0.15, 0.2) is 41.8 Å². The molecule has 0 saturated carbocycles. The van der Waals surface area contributed by atoms with Crippen molar-refractivity contribution in [2.75, 3.05) is 32.7 Å². The van der Waals surface area contributed by atoms with Crippen LogP contribution in [0, 0.1) is 5.82 Å². The third-order valence-corrected chi connectivity index (χ3v) is 6.18. The Morgan fingerprint density at radius 3 is 2.62 bits per heavy atom. The standard InChI is InChI=1S/C16H22FN3O3S/c1-3-8-18-16(21)13(2)19-9-11-20(12-10-19)24(22,23)15-7-5-4-6-14(15)17/h3-7,13H,1,8-12H2,2H3,(H,18,21)/p+1/t13-/m0/s1. The number of quaternary nitrogens is 1. The first-order valence-electron chi connectivity index (χ1n) is 7.85. The molecule has 0 unspecified atom stereocenters. The molecule has 6 nitrogen and oxygen atoms in total. The predicted molar refractivity (Wildman–Crippen MR) is 88.5 cm³/mol. The Morgan fingerprint density at radius 1 is 1.42 bits per heavy atom. The summed E-state index contributed by atoms with van der Waals surface area (Å²) in [5.41, 5.74) is 0. The van der Waals surface area contributed by atoms with Crippen molar-refractivity contribution < 1.29 is 22.5 Å². The highest BCUT2D eigenvalue weighted by molar-refractivity contribution is 7.89. The first kappa shape index (κ1) is 18.6. The number of benzene rings is 1. The highest BCUT2D eigenvalue weighted by Gasteiger charge is 2.35. The molecule has 1 atom stereocenters. The highest BCUT2D eigenvalue weighted by Crippen LogP contribution is 2.18. The van der Waals surface area contributed by atoms with Crippen LogP contribution in [-0.2, 0) is 14.8 Å². The molecule has 0 spiro atoms. The maximum absolute atomic E-state index is 13.8. The van der Waals surface area contributed by atoms with E-state index in [0.717, 1.165) is 11.0 Å². The van der Waals surface area contributed by atoms with Gasteiger partial charge in [-0.15, -0.1) is 6.58 Å². The highest BCUT2D eigenvalue weighted by atomic mass is 32.2. The summed E-state index contributed by atoms with van der Waals surface area (Å²) in [5.74, 6) is -0.834. The zero-order chi connectivity index (χ0) is 17.7. The van der Waals surface area contributed by atoms with Gasteiger partial charge in [0.2, 0.25) is 10.0 Å². The van der Waals surface area contributed by atoms with Crippen LogP contribution in [0.5, 0.6) is 0 Å². The van der Waals surface area contributed by atoms with Gasteiger partial charge in [0.05, 0.1) is 26.2 Å². The Hall–Kier alpha value is -1.77. The molecule has 2 N–H and O–H groups in total. The van der Waals surface area contributed by atoms with Crippen molar-refractivity contribution in [3.05, 3.63) is 42.7 Å². The Bertz CT molecular complexity index is 700. The van der Waals surface area contributed by atoms with Gasteiger partial charge in [0.25, 0.3) is 5.91 Å². The van der Waals surface area contributed by atoms with Crippen molar-refractivity contribution >= 4 is 15.9 Å². The summed E-state index contributed by atoms with van der Waals surface area (Å²) in [6.07, 6.45) is 1.61. The average Bonchev–Trinajstić information content (AvgIpc) is 2.59. The van der Waals surface area contributed by atoms with Gasteiger partial charge in [-0.05, 0) is 19.1 Å². The molecule has 0 bridgehead atoms. The van der Waals surface area contributed by atoms with Gasteiger partial charge in [0, 0.05) is 6.54 Å². The van der Waals surface area contributed by atoms with Crippen LogP contribution in [0.3, 0.4) is 0 Å². The first-order chi connectivity index (χ1) is 11.4. The molecule has 0 radical (unpaired) electrons. The average molecular weight is 356 g/mol. The minimum atomic E-state index is -3.85. The van der Waals surface area contributed by atoms with E-state index in [1.165, 1.54) is 22.5 Å². The van der Waals surface area contributed by atoms with E-state index in [2.05, 4.69) is 11.9 Å². The molecule has 24 heavy (non-hydrogen) atoms. The van der Waals surface area contributed by atoms with Crippen LogP contribution < -0.4 is 10.2 Å². The molecule has 132 valence electrons. The SMILES string of the molecule is C=CCNC(=O)[C@H](C)[NH+]1CCN(S(=O)(=O)c2ccccc2F)CC1. The van der Waals surface area contributed by atoms with Crippen molar-refractivity contribution in [2.24, 2.45) is 0 Å². The van der Waals surface area contributed by atoms with Crippen molar-refractivity contribution in [3.8, 4) is 0 Å². The summed E-state index contributed by atoms with van der Waals surface area (Å²) in [4.78, 5) is 12.7. The summed E-state index contributed by atoms with van der Waals surface area (Å²) >= 11 is 0. The molecule has 0 aromatic heterocycles. The Labute approximate surface area is 142 Å². The maximum atomic E-state index is 13.8. The van der Waals surface area contributed by atoms with Gasteiger partial charge in [0.1, 0.15) is 10.7 Å².